The highest BCUT2D eigenvalue weighted by Gasteiger charge is 2.42. The first-order valence-electron chi connectivity index (χ1n) is 8.10. The van der Waals surface area contributed by atoms with Gasteiger partial charge in [-0.15, -0.1) is 0 Å². The van der Waals surface area contributed by atoms with Crippen molar-refractivity contribution < 1.29 is 9.53 Å². The smallest absolute Gasteiger partial charge is 0.306 e. The van der Waals surface area contributed by atoms with Gasteiger partial charge in [0, 0.05) is 5.41 Å². The van der Waals surface area contributed by atoms with Crippen LogP contribution in [0.25, 0.3) is 0 Å². The minimum atomic E-state index is -0.119. The first-order valence-corrected chi connectivity index (χ1v) is 8.10. The molecule has 0 bridgehead atoms. The average molecular weight is 278 g/mol. The molecule has 20 heavy (non-hydrogen) atoms. The number of carbonyl (C=O) groups excluding carboxylic acids is 1. The Bertz CT molecular complexity index is 399. The fourth-order valence-corrected chi connectivity index (χ4v) is 3.99. The van der Waals surface area contributed by atoms with Gasteiger partial charge >= 0.3 is 5.97 Å². The molecule has 2 nitrogen and oxygen atoms in total. The van der Waals surface area contributed by atoms with E-state index >= 15 is 0 Å². The average Bonchev–Trinajstić information content (AvgIpc) is 2.65. The van der Waals surface area contributed by atoms with E-state index in [0.29, 0.717) is 13.0 Å². The van der Waals surface area contributed by atoms with Gasteiger partial charge < -0.3 is 4.74 Å². The summed E-state index contributed by atoms with van der Waals surface area (Å²) in [5.74, 6) is -0.0697. The Morgan fingerprint density at radius 2 is 1.35 bits per heavy atom. The van der Waals surface area contributed by atoms with Gasteiger partial charge in [-0.1, -0.05) is 45.8 Å². The summed E-state index contributed by atoms with van der Waals surface area (Å²) >= 11 is 0. The standard InChI is InChI=1S/C18H30O2/c1-7-13-14(8-2)16(10-4)18(6,15(13)9-3)12-17(19)20-11-5/h7-12H2,1-6H3. The van der Waals surface area contributed by atoms with Crippen LogP contribution < -0.4 is 0 Å². The van der Waals surface area contributed by atoms with Crippen molar-refractivity contribution in [1.82, 2.24) is 0 Å². The molecule has 0 aliphatic heterocycles. The maximum atomic E-state index is 12.0. The van der Waals surface area contributed by atoms with Crippen LogP contribution in [0.15, 0.2) is 22.3 Å². The Morgan fingerprint density at radius 1 is 0.900 bits per heavy atom. The fraction of sp³-hybridized carbons (Fsp3) is 0.722. The monoisotopic (exact) mass is 278 g/mol. The van der Waals surface area contributed by atoms with Gasteiger partial charge in [-0.25, -0.2) is 0 Å². The summed E-state index contributed by atoms with van der Waals surface area (Å²) in [5.41, 5.74) is 5.80. The lowest BCUT2D eigenvalue weighted by atomic mass is 9.73. The number of hydrogen-bond donors (Lipinski definition) is 0. The largest absolute Gasteiger partial charge is 0.466 e. The van der Waals surface area contributed by atoms with Crippen LogP contribution in [0.3, 0.4) is 0 Å². The van der Waals surface area contributed by atoms with Gasteiger partial charge in [-0.05, 0) is 43.8 Å². The zero-order valence-corrected chi connectivity index (χ0v) is 14.1. The van der Waals surface area contributed by atoms with Crippen molar-refractivity contribution >= 4 is 5.97 Å². The quantitative estimate of drug-likeness (QED) is 0.599. The topological polar surface area (TPSA) is 26.3 Å². The van der Waals surface area contributed by atoms with Crippen LogP contribution in [0.5, 0.6) is 0 Å². The maximum absolute atomic E-state index is 12.0. The lowest BCUT2D eigenvalue weighted by Gasteiger charge is -2.31. The molecule has 0 amide bonds. The zero-order valence-electron chi connectivity index (χ0n) is 14.1. The van der Waals surface area contributed by atoms with Crippen molar-refractivity contribution in [3.05, 3.63) is 22.3 Å². The zero-order chi connectivity index (χ0) is 15.3. The van der Waals surface area contributed by atoms with Crippen molar-refractivity contribution in [2.75, 3.05) is 6.61 Å². The van der Waals surface area contributed by atoms with Crippen molar-refractivity contribution in [2.24, 2.45) is 5.41 Å². The molecular formula is C18H30O2. The summed E-state index contributed by atoms with van der Waals surface area (Å²) in [6.45, 7) is 13.4. The minimum Gasteiger partial charge on any atom is -0.466 e. The van der Waals surface area contributed by atoms with Crippen LogP contribution in [0, 0.1) is 5.41 Å². The molecule has 0 aromatic rings. The van der Waals surface area contributed by atoms with E-state index in [-0.39, 0.29) is 11.4 Å². The van der Waals surface area contributed by atoms with E-state index in [2.05, 4.69) is 34.6 Å². The number of esters is 1. The van der Waals surface area contributed by atoms with Gasteiger partial charge in [-0.3, -0.25) is 4.79 Å². The third kappa shape index (κ3) is 2.84. The second kappa shape index (κ2) is 7.10. The lowest BCUT2D eigenvalue weighted by molar-refractivity contribution is -0.144. The molecule has 0 aromatic carbocycles. The molecule has 2 heteroatoms. The summed E-state index contributed by atoms with van der Waals surface area (Å²) in [6.07, 6.45) is 4.65. The lowest BCUT2D eigenvalue weighted by Crippen LogP contribution is -2.25. The summed E-state index contributed by atoms with van der Waals surface area (Å²) in [4.78, 5) is 12.0. The molecule has 1 rings (SSSR count). The van der Waals surface area contributed by atoms with E-state index in [1.165, 1.54) is 22.3 Å². The third-order valence-electron chi connectivity index (χ3n) is 4.64. The number of rotatable bonds is 7. The second-order valence-corrected chi connectivity index (χ2v) is 5.64. The van der Waals surface area contributed by atoms with Crippen LogP contribution in [-0.2, 0) is 9.53 Å². The molecule has 1 aliphatic carbocycles. The van der Waals surface area contributed by atoms with Gasteiger partial charge in [-0.2, -0.15) is 0 Å². The van der Waals surface area contributed by atoms with Crippen molar-refractivity contribution in [2.45, 2.75) is 73.6 Å². The van der Waals surface area contributed by atoms with Crippen LogP contribution in [0.1, 0.15) is 73.6 Å². The van der Waals surface area contributed by atoms with Crippen molar-refractivity contribution in [3.8, 4) is 0 Å². The van der Waals surface area contributed by atoms with Gasteiger partial charge in [0.2, 0.25) is 0 Å². The van der Waals surface area contributed by atoms with E-state index in [4.69, 9.17) is 4.74 Å². The highest BCUT2D eigenvalue weighted by molar-refractivity contribution is 5.73. The highest BCUT2D eigenvalue weighted by Crippen LogP contribution is 2.53. The van der Waals surface area contributed by atoms with E-state index in [1.54, 1.807) is 0 Å². The number of hydrogen-bond acceptors (Lipinski definition) is 2. The second-order valence-electron chi connectivity index (χ2n) is 5.64. The fourth-order valence-electron chi connectivity index (χ4n) is 3.99. The summed E-state index contributed by atoms with van der Waals surface area (Å²) in [7, 11) is 0. The predicted octanol–water partition coefficient (Wildman–Crippen LogP) is 5.19. The highest BCUT2D eigenvalue weighted by atomic mass is 16.5. The molecule has 0 saturated carbocycles. The Kier molecular flexibility index (Phi) is 6.04. The van der Waals surface area contributed by atoms with Crippen LogP contribution in [0.2, 0.25) is 0 Å². The van der Waals surface area contributed by atoms with E-state index in [1.807, 2.05) is 6.92 Å². The molecule has 0 fully saturated rings. The molecule has 0 aromatic heterocycles. The third-order valence-corrected chi connectivity index (χ3v) is 4.64. The molecule has 0 atom stereocenters. The first kappa shape index (κ1) is 17.0. The minimum absolute atomic E-state index is 0.0697. The summed E-state index contributed by atoms with van der Waals surface area (Å²) in [6, 6.07) is 0. The van der Waals surface area contributed by atoms with Crippen molar-refractivity contribution in [3.63, 3.8) is 0 Å². The summed E-state index contributed by atoms with van der Waals surface area (Å²) < 4.78 is 5.21. The molecule has 0 unspecified atom stereocenters. The van der Waals surface area contributed by atoms with Crippen LogP contribution >= 0.6 is 0 Å². The molecule has 114 valence electrons. The normalized spacial score (nSPS) is 17.9. The van der Waals surface area contributed by atoms with Gasteiger partial charge in [0.05, 0.1) is 13.0 Å². The Labute approximate surface area is 124 Å². The van der Waals surface area contributed by atoms with E-state index < -0.39 is 0 Å². The number of allylic oxidation sites excluding steroid dienone is 4. The summed E-state index contributed by atoms with van der Waals surface area (Å²) in [5, 5.41) is 0. The van der Waals surface area contributed by atoms with Crippen LogP contribution in [0.4, 0.5) is 0 Å². The number of carbonyl (C=O) groups is 1. The SMILES string of the molecule is CCOC(=O)CC1(C)C(CC)=C(CC)C(CC)=C1CC. The molecule has 1 aliphatic rings. The van der Waals surface area contributed by atoms with Crippen molar-refractivity contribution in [1.29, 1.82) is 0 Å². The predicted molar refractivity (Wildman–Crippen MR) is 84.6 cm³/mol. The molecular weight excluding hydrogens is 248 g/mol. The molecule has 0 radical (unpaired) electrons. The van der Waals surface area contributed by atoms with Gasteiger partial charge in [0.1, 0.15) is 0 Å². The Balaban J connectivity index is 3.28. The van der Waals surface area contributed by atoms with E-state index in [0.717, 1.165) is 25.7 Å². The van der Waals surface area contributed by atoms with Gasteiger partial charge in [0.15, 0.2) is 0 Å². The maximum Gasteiger partial charge on any atom is 0.306 e. The van der Waals surface area contributed by atoms with E-state index in [9.17, 15) is 4.79 Å². The molecule has 0 saturated heterocycles. The molecule has 0 heterocycles. The molecule has 0 spiro atoms. The number of ether oxygens (including phenoxy) is 1. The van der Waals surface area contributed by atoms with Crippen LogP contribution in [-0.4, -0.2) is 12.6 Å². The first-order chi connectivity index (χ1) is 9.49. The Morgan fingerprint density at radius 3 is 1.65 bits per heavy atom. The Hall–Kier alpha value is -1.05. The molecule has 0 N–H and O–H groups in total. The van der Waals surface area contributed by atoms with Gasteiger partial charge in [0.25, 0.3) is 0 Å².